The molecule has 2 heterocycles. The molecule has 1 spiro atoms. The summed E-state index contributed by atoms with van der Waals surface area (Å²) in [6.07, 6.45) is 7.08. The Kier molecular flexibility index (Phi) is 2.60. The second kappa shape index (κ2) is 3.80. The van der Waals surface area contributed by atoms with E-state index in [2.05, 4.69) is 16.1 Å². The van der Waals surface area contributed by atoms with E-state index >= 15 is 0 Å². The van der Waals surface area contributed by atoms with Crippen molar-refractivity contribution in [2.75, 3.05) is 26.7 Å². The number of carbonyl (C=O) groups excluding carboxylic acids is 1. The molecule has 0 saturated carbocycles. The van der Waals surface area contributed by atoms with Crippen molar-refractivity contribution in [3.63, 3.8) is 0 Å². The molecule has 2 N–H and O–H groups in total. The van der Waals surface area contributed by atoms with Gasteiger partial charge in [0.05, 0.1) is 6.54 Å². The van der Waals surface area contributed by atoms with Crippen LogP contribution in [0.2, 0.25) is 0 Å². The predicted octanol–water partition coefficient (Wildman–Crippen LogP) is 0.0865. The summed E-state index contributed by atoms with van der Waals surface area (Å²) in [4.78, 5) is 15.5. The second-order valence-electron chi connectivity index (χ2n) is 4.47. The van der Waals surface area contributed by atoms with Gasteiger partial charge in [-0.05, 0) is 26.4 Å². The molecule has 0 aromatic heterocycles. The van der Waals surface area contributed by atoms with Crippen molar-refractivity contribution in [3.8, 4) is 12.3 Å². The van der Waals surface area contributed by atoms with Crippen molar-refractivity contribution in [2.45, 2.75) is 18.4 Å². The number of urea groups is 1. The smallest absolute Gasteiger partial charge is 0.304 e. The minimum atomic E-state index is -0.517. The lowest BCUT2D eigenvalue weighted by Gasteiger charge is -2.42. The van der Waals surface area contributed by atoms with Gasteiger partial charge in [-0.2, -0.15) is 0 Å². The van der Waals surface area contributed by atoms with Gasteiger partial charge in [-0.15, -0.1) is 6.42 Å². The maximum Gasteiger partial charge on any atom is 0.324 e. The monoisotopic (exact) mass is 220 g/mol. The van der Waals surface area contributed by atoms with Gasteiger partial charge in [-0.3, -0.25) is 15.6 Å². The number of piperidine rings is 1. The second-order valence-corrected chi connectivity index (χ2v) is 4.47. The molecule has 0 aliphatic carbocycles. The highest BCUT2D eigenvalue weighted by molar-refractivity contribution is 6.08. The molecule has 0 bridgehead atoms. The van der Waals surface area contributed by atoms with Crippen LogP contribution in [-0.2, 0) is 0 Å². The minimum absolute atomic E-state index is 0.238. The molecule has 2 aliphatic rings. The van der Waals surface area contributed by atoms with Crippen molar-refractivity contribution in [1.82, 2.24) is 15.1 Å². The molecule has 2 saturated heterocycles. The van der Waals surface area contributed by atoms with Crippen LogP contribution in [-0.4, -0.2) is 53.9 Å². The third-order valence-electron chi connectivity index (χ3n) is 3.37. The molecule has 5 nitrogen and oxygen atoms in total. The Bertz CT molecular complexity index is 373. The quantitative estimate of drug-likeness (QED) is 0.615. The van der Waals surface area contributed by atoms with Crippen molar-refractivity contribution in [1.29, 1.82) is 5.41 Å². The number of amidine groups is 1. The molecule has 0 radical (unpaired) electrons. The molecule has 2 fully saturated rings. The van der Waals surface area contributed by atoms with Crippen LogP contribution in [0.5, 0.6) is 0 Å². The van der Waals surface area contributed by atoms with E-state index in [0.717, 1.165) is 19.4 Å². The third kappa shape index (κ3) is 1.46. The molecule has 1 atom stereocenters. The maximum absolute atomic E-state index is 11.7. The van der Waals surface area contributed by atoms with Crippen LogP contribution in [0.4, 0.5) is 4.79 Å². The van der Waals surface area contributed by atoms with E-state index in [1.54, 1.807) is 4.90 Å². The fourth-order valence-corrected chi connectivity index (χ4v) is 2.60. The predicted molar refractivity (Wildman–Crippen MR) is 61.3 cm³/mol. The van der Waals surface area contributed by atoms with Gasteiger partial charge in [-0.25, -0.2) is 4.79 Å². The van der Waals surface area contributed by atoms with E-state index in [9.17, 15) is 4.79 Å². The van der Waals surface area contributed by atoms with Crippen LogP contribution < -0.4 is 5.32 Å². The molecule has 2 aliphatic heterocycles. The number of likely N-dealkylation sites (tertiary alicyclic amines) is 1. The number of carbonyl (C=O) groups is 1. The topological polar surface area (TPSA) is 59.4 Å². The number of amides is 2. The summed E-state index contributed by atoms with van der Waals surface area (Å²) in [5.41, 5.74) is -0.517. The fourth-order valence-electron chi connectivity index (χ4n) is 2.60. The highest BCUT2D eigenvalue weighted by Gasteiger charge is 2.51. The number of hydrogen-bond acceptors (Lipinski definition) is 3. The standard InChI is InChI=1S/C11H16N4O/c1-3-6-15-10(16)13-9(12)11(15)5-4-7-14(2)8-11/h1H,4-8H2,2H3,(H2,12,13,16). The first-order valence-corrected chi connectivity index (χ1v) is 5.40. The number of nitrogens with zero attached hydrogens (tertiary/aromatic N) is 2. The van der Waals surface area contributed by atoms with Gasteiger partial charge >= 0.3 is 6.03 Å². The number of likely N-dealkylation sites (N-methyl/N-ethyl adjacent to an activating group) is 1. The van der Waals surface area contributed by atoms with Crippen molar-refractivity contribution in [2.24, 2.45) is 0 Å². The Hall–Kier alpha value is -1.54. The maximum atomic E-state index is 11.7. The molecule has 86 valence electrons. The molecule has 1 unspecified atom stereocenters. The normalized spacial score (nSPS) is 30.6. The van der Waals surface area contributed by atoms with E-state index in [1.807, 2.05) is 7.05 Å². The van der Waals surface area contributed by atoms with E-state index in [1.165, 1.54) is 0 Å². The van der Waals surface area contributed by atoms with E-state index < -0.39 is 5.54 Å². The van der Waals surface area contributed by atoms with Crippen molar-refractivity contribution < 1.29 is 4.79 Å². The van der Waals surface area contributed by atoms with Crippen LogP contribution in [0, 0.1) is 17.8 Å². The summed E-state index contributed by atoms with van der Waals surface area (Å²) >= 11 is 0. The van der Waals surface area contributed by atoms with E-state index in [4.69, 9.17) is 11.8 Å². The van der Waals surface area contributed by atoms with Gasteiger partial charge in [0.2, 0.25) is 0 Å². The van der Waals surface area contributed by atoms with Crippen LogP contribution in [0.25, 0.3) is 0 Å². The van der Waals surface area contributed by atoms with Crippen LogP contribution in [0.3, 0.4) is 0 Å². The minimum Gasteiger partial charge on any atom is -0.304 e. The summed E-state index contributed by atoms with van der Waals surface area (Å²) in [6.45, 7) is 1.96. The first-order chi connectivity index (χ1) is 7.60. The highest BCUT2D eigenvalue weighted by atomic mass is 16.2. The largest absolute Gasteiger partial charge is 0.324 e. The summed E-state index contributed by atoms with van der Waals surface area (Å²) in [7, 11) is 2.01. The Morgan fingerprint density at radius 1 is 1.69 bits per heavy atom. The first kappa shape index (κ1) is 11.0. The number of terminal acetylenes is 1. The summed E-state index contributed by atoms with van der Waals surface area (Å²) in [5, 5.41) is 10.5. The molecule has 2 amide bonds. The molecular formula is C11H16N4O. The van der Waals surface area contributed by atoms with Gasteiger partial charge in [-0.1, -0.05) is 5.92 Å². The van der Waals surface area contributed by atoms with Gasteiger partial charge in [0, 0.05) is 6.54 Å². The summed E-state index contributed by atoms with van der Waals surface area (Å²) in [5.74, 6) is 2.79. The first-order valence-electron chi connectivity index (χ1n) is 5.40. The van der Waals surface area contributed by atoms with E-state index in [-0.39, 0.29) is 12.6 Å². The Morgan fingerprint density at radius 3 is 3.06 bits per heavy atom. The summed E-state index contributed by atoms with van der Waals surface area (Å²) in [6, 6.07) is -0.238. The van der Waals surface area contributed by atoms with Gasteiger partial charge in [0.1, 0.15) is 11.4 Å². The molecule has 5 heteroatoms. The Labute approximate surface area is 95.3 Å². The van der Waals surface area contributed by atoms with Crippen LogP contribution >= 0.6 is 0 Å². The lowest BCUT2D eigenvalue weighted by molar-refractivity contribution is 0.115. The summed E-state index contributed by atoms with van der Waals surface area (Å²) < 4.78 is 0. The van der Waals surface area contributed by atoms with Gasteiger partial charge in [0.15, 0.2) is 0 Å². The van der Waals surface area contributed by atoms with Crippen LogP contribution in [0.15, 0.2) is 0 Å². The zero-order chi connectivity index (χ0) is 11.8. The lowest BCUT2D eigenvalue weighted by Crippen LogP contribution is -2.59. The zero-order valence-corrected chi connectivity index (χ0v) is 9.42. The highest BCUT2D eigenvalue weighted by Crippen LogP contribution is 2.31. The molecule has 0 aromatic carbocycles. The molecular weight excluding hydrogens is 204 g/mol. The van der Waals surface area contributed by atoms with Crippen molar-refractivity contribution in [3.05, 3.63) is 0 Å². The zero-order valence-electron chi connectivity index (χ0n) is 9.42. The third-order valence-corrected chi connectivity index (χ3v) is 3.37. The number of hydrogen-bond donors (Lipinski definition) is 2. The van der Waals surface area contributed by atoms with Gasteiger partial charge < -0.3 is 4.90 Å². The van der Waals surface area contributed by atoms with Crippen LogP contribution in [0.1, 0.15) is 12.8 Å². The number of rotatable bonds is 1. The van der Waals surface area contributed by atoms with E-state index in [0.29, 0.717) is 12.4 Å². The van der Waals surface area contributed by atoms with Gasteiger partial charge in [0.25, 0.3) is 0 Å². The lowest BCUT2D eigenvalue weighted by atomic mass is 9.87. The average Bonchev–Trinajstić information content (AvgIpc) is 2.44. The molecule has 0 aromatic rings. The SMILES string of the molecule is C#CCN1C(=O)NC(=N)C12CCCN(C)C2. The number of nitrogens with one attached hydrogen (secondary N) is 2. The molecule has 2 rings (SSSR count). The average molecular weight is 220 g/mol. The molecule has 16 heavy (non-hydrogen) atoms. The van der Waals surface area contributed by atoms with Crippen molar-refractivity contribution >= 4 is 11.9 Å². The fraction of sp³-hybridized carbons (Fsp3) is 0.636. The Morgan fingerprint density at radius 2 is 2.44 bits per heavy atom. The Balaban J connectivity index is 2.31.